The molecule has 3 heteroatoms. The van der Waals surface area contributed by atoms with Crippen LogP contribution in [0.4, 0.5) is 0 Å². The van der Waals surface area contributed by atoms with Gasteiger partial charge in [-0.2, -0.15) is 0 Å². The molecule has 0 amide bonds. The molecule has 7 heavy (non-hydrogen) atoms. The molecule has 1 aliphatic heterocycles. The van der Waals surface area contributed by atoms with Crippen LogP contribution in [0.15, 0.2) is 6.20 Å². The van der Waals surface area contributed by atoms with E-state index in [9.17, 15) is 0 Å². The van der Waals surface area contributed by atoms with Gasteiger partial charge >= 0.3 is 0 Å². The van der Waals surface area contributed by atoms with Crippen LogP contribution in [0.3, 0.4) is 0 Å². The van der Waals surface area contributed by atoms with Gasteiger partial charge in [0.2, 0.25) is 0 Å². The maximum absolute atomic E-state index is 3.77. The summed E-state index contributed by atoms with van der Waals surface area (Å²) < 4.78 is 1.90. The van der Waals surface area contributed by atoms with Crippen molar-refractivity contribution in [2.24, 2.45) is 0 Å². The fourth-order valence-electron chi connectivity index (χ4n) is 0.729. The van der Waals surface area contributed by atoms with Gasteiger partial charge in [-0.3, -0.25) is 0 Å². The summed E-state index contributed by atoms with van der Waals surface area (Å²) in [5.74, 6) is 0. The molecule has 1 aromatic heterocycles. The summed E-state index contributed by atoms with van der Waals surface area (Å²) in [7, 11) is 0. The number of hydrogen-bond acceptors (Lipinski definition) is 2. The van der Waals surface area contributed by atoms with Crippen molar-refractivity contribution in [2.75, 3.05) is 0 Å². The zero-order valence-corrected chi connectivity index (χ0v) is 3.83. The van der Waals surface area contributed by atoms with E-state index >= 15 is 0 Å². The number of rotatable bonds is 0. The molecule has 0 radical (unpaired) electrons. The van der Waals surface area contributed by atoms with E-state index in [1.807, 2.05) is 10.9 Å². The van der Waals surface area contributed by atoms with Gasteiger partial charge in [-0.05, 0) is 0 Å². The zero-order valence-electron chi connectivity index (χ0n) is 3.83. The Labute approximate surface area is 41.0 Å². The highest BCUT2D eigenvalue weighted by Gasteiger charge is 2.11. The Morgan fingerprint density at radius 3 is 3.00 bits per heavy atom. The van der Waals surface area contributed by atoms with E-state index in [1.54, 1.807) is 0 Å². The highest BCUT2D eigenvalue weighted by molar-refractivity contribution is 5.00. The van der Waals surface area contributed by atoms with Crippen molar-refractivity contribution in [2.45, 2.75) is 13.0 Å². The number of aromatic nitrogens is 3. The summed E-state index contributed by atoms with van der Waals surface area (Å²) >= 11 is 0. The van der Waals surface area contributed by atoms with Gasteiger partial charge in [0.1, 0.15) is 0 Å². The van der Waals surface area contributed by atoms with Gasteiger partial charge in [0.05, 0.1) is 11.9 Å². The Balaban J connectivity index is 2.69. The van der Waals surface area contributed by atoms with Crippen LogP contribution in [0.5, 0.6) is 0 Å². The van der Waals surface area contributed by atoms with E-state index in [2.05, 4.69) is 10.3 Å². The second-order valence-electron chi connectivity index (χ2n) is 1.70. The van der Waals surface area contributed by atoms with Crippen molar-refractivity contribution < 1.29 is 0 Å². The third-order valence-corrected chi connectivity index (χ3v) is 1.28. The van der Waals surface area contributed by atoms with Gasteiger partial charge in [0.25, 0.3) is 0 Å². The maximum atomic E-state index is 3.77. The van der Waals surface area contributed by atoms with E-state index in [4.69, 9.17) is 0 Å². The molecule has 0 aromatic carbocycles. The van der Waals surface area contributed by atoms with Crippen LogP contribution in [-0.4, -0.2) is 15.0 Å². The zero-order chi connectivity index (χ0) is 4.69. The second kappa shape index (κ2) is 0.857. The molecule has 0 saturated carbocycles. The molecular weight excluding hydrogens is 90.1 g/mol. The number of fused-ring (bicyclic) bond motifs is 1. The predicted molar refractivity (Wildman–Crippen MR) is 23.7 cm³/mol. The first kappa shape index (κ1) is 3.18. The minimum absolute atomic E-state index is 1.06. The van der Waals surface area contributed by atoms with Crippen LogP contribution >= 0.6 is 0 Å². The molecule has 0 bridgehead atoms. The lowest BCUT2D eigenvalue weighted by atomic mass is 10.2. The molecule has 0 spiro atoms. The summed E-state index contributed by atoms with van der Waals surface area (Å²) in [5.41, 5.74) is 1.26. The third-order valence-electron chi connectivity index (χ3n) is 1.28. The monoisotopic (exact) mass is 95.0 g/mol. The SMILES string of the molecule is c1nnn2c1CC2. The minimum Gasteiger partial charge on any atom is -0.249 e. The lowest BCUT2D eigenvalue weighted by Crippen LogP contribution is -2.17. The second-order valence-corrected chi connectivity index (χ2v) is 1.70. The average Bonchev–Trinajstić information content (AvgIpc) is 1.85. The standard InChI is InChI=1S/C4H5N3/c1-2-7-4(1)3-5-6-7/h3H,1-2H2. The lowest BCUT2D eigenvalue weighted by Gasteiger charge is -2.11. The largest absolute Gasteiger partial charge is 0.249 e. The van der Waals surface area contributed by atoms with Gasteiger partial charge in [0.15, 0.2) is 0 Å². The van der Waals surface area contributed by atoms with Crippen LogP contribution < -0.4 is 0 Å². The molecule has 1 aromatic rings. The van der Waals surface area contributed by atoms with E-state index < -0.39 is 0 Å². The number of hydrogen-bond donors (Lipinski definition) is 0. The molecule has 0 aliphatic carbocycles. The topological polar surface area (TPSA) is 30.7 Å². The highest BCUT2D eigenvalue weighted by atomic mass is 15.4. The molecule has 1 aliphatic rings. The molecule has 0 fully saturated rings. The van der Waals surface area contributed by atoms with E-state index in [-0.39, 0.29) is 0 Å². The van der Waals surface area contributed by atoms with Gasteiger partial charge < -0.3 is 0 Å². The van der Waals surface area contributed by atoms with Crippen LogP contribution in [0.2, 0.25) is 0 Å². The minimum atomic E-state index is 1.06. The molecule has 3 nitrogen and oxygen atoms in total. The van der Waals surface area contributed by atoms with Crippen LogP contribution in [0.1, 0.15) is 5.69 Å². The Kier molecular flexibility index (Phi) is 0.389. The van der Waals surface area contributed by atoms with Crippen molar-refractivity contribution in [1.82, 2.24) is 15.0 Å². The van der Waals surface area contributed by atoms with Gasteiger partial charge in [0, 0.05) is 13.0 Å². The number of aryl methyl sites for hydroxylation is 2. The Morgan fingerprint density at radius 2 is 2.71 bits per heavy atom. The van der Waals surface area contributed by atoms with E-state index in [1.165, 1.54) is 5.69 Å². The Morgan fingerprint density at radius 1 is 1.71 bits per heavy atom. The highest BCUT2D eigenvalue weighted by Crippen LogP contribution is 2.07. The molecule has 0 N–H and O–H groups in total. The Bertz CT molecular complexity index is 160. The predicted octanol–water partition coefficient (Wildman–Crippen LogP) is -0.166. The molecule has 2 heterocycles. The van der Waals surface area contributed by atoms with Crippen molar-refractivity contribution in [3.63, 3.8) is 0 Å². The number of nitrogens with zero attached hydrogens (tertiary/aromatic N) is 3. The summed E-state index contributed by atoms with van der Waals surface area (Å²) in [6, 6.07) is 0. The molecule has 2 rings (SSSR count). The first-order valence-electron chi connectivity index (χ1n) is 2.34. The summed E-state index contributed by atoms with van der Waals surface area (Å²) in [5, 5.41) is 7.47. The Hall–Kier alpha value is -0.860. The smallest absolute Gasteiger partial charge is 0.0725 e. The van der Waals surface area contributed by atoms with Crippen LogP contribution in [0, 0.1) is 0 Å². The fourth-order valence-corrected chi connectivity index (χ4v) is 0.729. The molecule has 0 unspecified atom stereocenters. The molecule has 0 saturated heterocycles. The normalized spacial score (nSPS) is 15.4. The van der Waals surface area contributed by atoms with Crippen molar-refractivity contribution in [1.29, 1.82) is 0 Å². The third kappa shape index (κ3) is 0.253. The quantitative estimate of drug-likeness (QED) is 0.448. The summed E-state index contributed by atoms with van der Waals surface area (Å²) in [6.45, 7) is 1.06. The van der Waals surface area contributed by atoms with Crippen molar-refractivity contribution in [3.05, 3.63) is 11.9 Å². The average molecular weight is 95.1 g/mol. The van der Waals surface area contributed by atoms with Crippen LogP contribution in [-0.2, 0) is 13.0 Å². The van der Waals surface area contributed by atoms with E-state index in [0.29, 0.717) is 0 Å². The molecule has 0 atom stereocenters. The van der Waals surface area contributed by atoms with Gasteiger partial charge in [-0.25, -0.2) is 4.68 Å². The van der Waals surface area contributed by atoms with Crippen LogP contribution in [0.25, 0.3) is 0 Å². The molecule has 36 valence electrons. The van der Waals surface area contributed by atoms with Gasteiger partial charge in [-0.1, -0.05) is 5.21 Å². The van der Waals surface area contributed by atoms with Crippen molar-refractivity contribution >= 4 is 0 Å². The lowest BCUT2D eigenvalue weighted by molar-refractivity contribution is 0.479. The summed E-state index contributed by atoms with van der Waals surface area (Å²) in [6.07, 6.45) is 2.97. The van der Waals surface area contributed by atoms with Crippen molar-refractivity contribution in [3.8, 4) is 0 Å². The first-order chi connectivity index (χ1) is 3.47. The molecular formula is C4H5N3. The van der Waals surface area contributed by atoms with Gasteiger partial charge in [-0.15, -0.1) is 5.10 Å². The fraction of sp³-hybridized carbons (Fsp3) is 0.500. The first-order valence-corrected chi connectivity index (χ1v) is 2.34. The van der Waals surface area contributed by atoms with E-state index in [0.717, 1.165) is 13.0 Å². The summed E-state index contributed by atoms with van der Waals surface area (Å²) in [4.78, 5) is 0. The maximum Gasteiger partial charge on any atom is 0.0725 e.